The fourth-order valence-corrected chi connectivity index (χ4v) is 2.08. The first-order chi connectivity index (χ1) is 9.81. The third-order valence-electron chi connectivity index (χ3n) is 2.86. The lowest BCUT2D eigenvalue weighted by Crippen LogP contribution is -2.34. The molecular weight excluding hydrogens is 290 g/mol. The Morgan fingerprint density at radius 3 is 2.33 bits per heavy atom. The van der Waals surface area contributed by atoms with Gasteiger partial charge in [-0.1, -0.05) is 43.6 Å². The summed E-state index contributed by atoms with van der Waals surface area (Å²) >= 11 is 6.17. The summed E-state index contributed by atoms with van der Waals surface area (Å²) in [6, 6.07) is 6.68. The fourth-order valence-electron chi connectivity index (χ4n) is 1.81. The van der Waals surface area contributed by atoms with Crippen LogP contribution >= 0.6 is 11.6 Å². The highest BCUT2D eigenvalue weighted by molar-refractivity contribution is 6.31. The van der Waals surface area contributed by atoms with Crippen molar-refractivity contribution in [2.45, 2.75) is 46.3 Å². The number of hydrogen-bond donors (Lipinski definition) is 1. The number of amides is 1. The number of esters is 1. The number of nitrogens with one attached hydrogen (secondary N) is 1. The van der Waals surface area contributed by atoms with Crippen LogP contribution in [0.4, 0.5) is 0 Å². The minimum Gasteiger partial charge on any atom is -0.463 e. The van der Waals surface area contributed by atoms with Gasteiger partial charge in [0.2, 0.25) is 5.91 Å². The molecule has 21 heavy (non-hydrogen) atoms. The fraction of sp³-hybridized carbons (Fsp3) is 0.500. The summed E-state index contributed by atoms with van der Waals surface area (Å²) in [5.41, 5.74) is 0.717. The highest BCUT2D eigenvalue weighted by atomic mass is 35.5. The second kappa shape index (κ2) is 8.03. The first kappa shape index (κ1) is 17.5. The van der Waals surface area contributed by atoms with Crippen LogP contribution in [0.2, 0.25) is 5.02 Å². The summed E-state index contributed by atoms with van der Waals surface area (Å²) in [7, 11) is 0. The molecule has 0 fully saturated rings. The molecule has 0 heterocycles. The van der Waals surface area contributed by atoms with Gasteiger partial charge in [0.15, 0.2) is 0 Å². The molecule has 1 aromatic rings. The van der Waals surface area contributed by atoms with Gasteiger partial charge in [-0.25, -0.2) is 0 Å². The smallest absolute Gasteiger partial charge is 0.308 e. The average Bonchev–Trinajstić information content (AvgIpc) is 2.37. The number of benzene rings is 1. The lowest BCUT2D eigenvalue weighted by atomic mass is 10.0. The summed E-state index contributed by atoms with van der Waals surface area (Å²) in [5, 5.41) is 3.37. The van der Waals surface area contributed by atoms with E-state index in [1.165, 1.54) is 0 Å². The van der Waals surface area contributed by atoms with Gasteiger partial charge in [-0.15, -0.1) is 0 Å². The van der Waals surface area contributed by atoms with Crippen LogP contribution in [0, 0.1) is 5.92 Å². The normalized spacial score (nSPS) is 12.3. The molecule has 0 saturated carbocycles. The number of carbonyl (C=O) groups excluding carboxylic acids is 2. The molecule has 0 aliphatic heterocycles. The molecule has 0 aliphatic carbocycles. The molecule has 1 N–H and O–H groups in total. The Labute approximate surface area is 130 Å². The third-order valence-corrected chi connectivity index (χ3v) is 3.20. The van der Waals surface area contributed by atoms with Crippen molar-refractivity contribution in [3.8, 4) is 0 Å². The molecule has 0 radical (unpaired) electrons. The largest absolute Gasteiger partial charge is 0.463 e. The van der Waals surface area contributed by atoms with Crippen LogP contribution in [0.5, 0.6) is 0 Å². The van der Waals surface area contributed by atoms with Gasteiger partial charge in [0.25, 0.3) is 0 Å². The summed E-state index contributed by atoms with van der Waals surface area (Å²) in [5.74, 6) is -0.660. The van der Waals surface area contributed by atoms with Gasteiger partial charge in [-0.05, 0) is 25.5 Å². The van der Waals surface area contributed by atoms with Crippen LogP contribution in [-0.4, -0.2) is 18.0 Å². The molecule has 1 rings (SSSR count). The molecular formula is C16H22ClNO3. The van der Waals surface area contributed by atoms with Crippen molar-refractivity contribution in [1.82, 2.24) is 5.32 Å². The molecule has 0 aromatic heterocycles. The Morgan fingerprint density at radius 2 is 1.81 bits per heavy atom. The number of halogens is 1. The number of carbonyl (C=O) groups is 2. The minimum atomic E-state index is -0.486. The van der Waals surface area contributed by atoms with Crippen molar-refractivity contribution >= 4 is 23.5 Å². The third kappa shape index (κ3) is 5.76. The molecule has 0 spiro atoms. The molecule has 1 atom stereocenters. The Hall–Kier alpha value is -1.55. The van der Waals surface area contributed by atoms with E-state index in [0.29, 0.717) is 10.6 Å². The van der Waals surface area contributed by atoms with Crippen LogP contribution in [0.25, 0.3) is 0 Å². The Morgan fingerprint density at radius 1 is 1.19 bits per heavy atom. The van der Waals surface area contributed by atoms with Gasteiger partial charge < -0.3 is 10.1 Å². The predicted octanol–water partition coefficient (Wildman–Crippen LogP) is 3.50. The highest BCUT2D eigenvalue weighted by Gasteiger charge is 2.22. The van der Waals surface area contributed by atoms with Crippen LogP contribution in [0.15, 0.2) is 24.3 Å². The van der Waals surface area contributed by atoms with Crippen molar-refractivity contribution in [1.29, 1.82) is 0 Å². The SMILES string of the molecule is CC(C)OC(=O)C[C@@H](NC(=O)C(C)C)c1ccccc1Cl. The maximum atomic E-state index is 11.9. The maximum absolute atomic E-state index is 11.9. The zero-order valence-electron chi connectivity index (χ0n) is 12.9. The maximum Gasteiger partial charge on any atom is 0.308 e. The van der Waals surface area contributed by atoms with Gasteiger partial charge in [0.05, 0.1) is 18.6 Å². The van der Waals surface area contributed by atoms with Crippen molar-refractivity contribution in [3.63, 3.8) is 0 Å². The molecule has 4 nitrogen and oxygen atoms in total. The van der Waals surface area contributed by atoms with Crippen LogP contribution < -0.4 is 5.32 Å². The molecule has 0 bridgehead atoms. The quantitative estimate of drug-likeness (QED) is 0.818. The van der Waals surface area contributed by atoms with E-state index < -0.39 is 6.04 Å². The van der Waals surface area contributed by atoms with Gasteiger partial charge in [-0.2, -0.15) is 0 Å². The van der Waals surface area contributed by atoms with Gasteiger partial charge in [-0.3, -0.25) is 9.59 Å². The summed E-state index contributed by atoms with van der Waals surface area (Å²) in [6.07, 6.45) is -0.134. The van der Waals surface area contributed by atoms with E-state index in [0.717, 1.165) is 0 Å². The van der Waals surface area contributed by atoms with Gasteiger partial charge >= 0.3 is 5.97 Å². The number of hydrogen-bond acceptors (Lipinski definition) is 3. The van der Waals surface area contributed by atoms with E-state index >= 15 is 0 Å². The van der Waals surface area contributed by atoms with Crippen LogP contribution in [-0.2, 0) is 14.3 Å². The van der Waals surface area contributed by atoms with E-state index in [4.69, 9.17) is 16.3 Å². The van der Waals surface area contributed by atoms with Crippen molar-refractivity contribution in [2.24, 2.45) is 5.92 Å². The van der Waals surface area contributed by atoms with E-state index in [1.807, 2.05) is 6.07 Å². The number of rotatable bonds is 6. The Kier molecular flexibility index (Phi) is 6.69. The summed E-state index contributed by atoms with van der Waals surface area (Å²) < 4.78 is 5.15. The highest BCUT2D eigenvalue weighted by Crippen LogP contribution is 2.26. The van der Waals surface area contributed by atoms with Gasteiger partial charge in [0, 0.05) is 10.9 Å². The van der Waals surface area contributed by atoms with Crippen LogP contribution in [0.3, 0.4) is 0 Å². The van der Waals surface area contributed by atoms with E-state index in [1.54, 1.807) is 45.9 Å². The van der Waals surface area contributed by atoms with Crippen molar-refractivity contribution < 1.29 is 14.3 Å². The molecule has 1 aromatic carbocycles. The molecule has 5 heteroatoms. The predicted molar refractivity (Wildman–Crippen MR) is 83.0 cm³/mol. The molecule has 0 unspecified atom stereocenters. The minimum absolute atomic E-state index is 0.0559. The monoisotopic (exact) mass is 311 g/mol. The van der Waals surface area contributed by atoms with Crippen LogP contribution in [0.1, 0.15) is 45.7 Å². The molecule has 116 valence electrons. The number of ether oxygens (including phenoxy) is 1. The standard InChI is InChI=1S/C16H22ClNO3/c1-10(2)16(20)18-14(9-15(19)21-11(3)4)12-7-5-6-8-13(12)17/h5-8,10-11,14H,9H2,1-4H3,(H,18,20)/t14-/m1/s1. The van der Waals surface area contributed by atoms with Crippen molar-refractivity contribution in [2.75, 3.05) is 0 Å². The summed E-state index contributed by atoms with van der Waals surface area (Å²) in [4.78, 5) is 23.8. The Bertz CT molecular complexity index is 500. The first-order valence-corrected chi connectivity index (χ1v) is 7.43. The topological polar surface area (TPSA) is 55.4 Å². The van der Waals surface area contributed by atoms with Gasteiger partial charge in [0.1, 0.15) is 0 Å². The zero-order valence-corrected chi connectivity index (χ0v) is 13.6. The molecule has 0 saturated heterocycles. The second-order valence-electron chi connectivity index (χ2n) is 5.48. The summed E-state index contributed by atoms with van der Waals surface area (Å²) in [6.45, 7) is 7.17. The lowest BCUT2D eigenvalue weighted by Gasteiger charge is -2.21. The second-order valence-corrected chi connectivity index (χ2v) is 5.89. The van der Waals surface area contributed by atoms with E-state index in [-0.39, 0.29) is 30.3 Å². The van der Waals surface area contributed by atoms with E-state index in [9.17, 15) is 9.59 Å². The lowest BCUT2D eigenvalue weighted by molar-refractivity contribution is -0.148. The average molecular weight is 312 g/mol. The molecule has 0 aliphatic rings. The molecule has 1 amide bonds. The zero-order chi connectivity index (χ0) is 16.0. The van der Waals surface area contributed by atoms with E-state index in [2.05, 4.69) is 5.32 Å². The first-order valence-electron chi connectivity index (χ1n) is 7.05. The Balaban J connectivity index is 2.92. The van der Waals surface area contributed by atoms with Crippen molar-refractivity contribution in [3.05, 3.63) is 34.9 Å².